The number of hydrogen-bond acceptors (Lipinski definition) is 3. The molecule has 2 rings (SSSR count). The Balaban J connectivity index is 1.88. The number of hydrogen-bond donors (Lipinski definition) is 3. The first kappa shape index (κ1) is 20.7. The van der Waals surface area contributed by atoms with E-state index in [4.69, 9.17) is 4.42 Å². The summed E-state index contributed by atoms with van der Waals surface area (Å²) in [7, 11) is 0. The average Bonchev–Trinajstić information content (AvgIpc) is 3.20. The van der Waals surface area contributed by atoms with E-state index in [-0.39, 0.29) is 24.3 Å². The van der Waals surface area contributed by atoms with E-state index < -0.39 is 5.91 Å². The van der Waals surface area contributed by atoms with Crippen LogP contribution in [0.1, 0.15) is 67.8 Å². The third-order valence-electron chi connectivity index (χ3n) is 4.84. The molecule has 0 fully saturated rings. The van der Waals surface area contributed by atoms with Gasteiger partial charge in [-0.1, -0.05) is 52.0 Å². The molecule has 0 spiro atoms. The van der Waals surface area contributed by atoms with Crippen LogP contribution in [0.4, 0.5) is 0 Å². The Hall–Kier alpha value is -2.60. The second-order valence-corrected chi connectivity index (χ2v) is 7.17. The molecule has 2 aromatic rings. The topological polar surface area (TPSA) is 88.0 Å². The van der Waals surface area contributed by atoms with Crippen molar-refractivity contribution in [3.8, 4) is 0 Å². The Morgan fingerprint density at radius 1 is 1.04 bits per heavy atom. The Morgan fingerprint density at radius 2 is 1.70 bits per heavy atom. The summed E-state index contributed by atoms with van der Waals surface area (Å²) in [6.07, 6.45) is 2.52. The number of carbonyl (C=O) groups excluding carboxylic acids is 2. The first-order valence-corrected chi connectivity index (χ1v) is 9.48. The largest absolute Gasteiger partial charge is 0.459 e. The summed E-state index contributed by atoms with van der Waals surface area (Å²) >= 11 is 0. The molecule has 27 heavy (non-hydrogen) atoms. The normalized spacial score (nSPS) is 13.2. The predicted molar refractivity (Wildman–Crippen MR) is 104 cm³/mol. The Morgan fingerprint density at radius 3 is 2.26 bits per heavy atom. The number of amides is 2. The van der Waals surface area contributed by atoms with Gasteiger partial charge in [-0.15, -0.1) is 0 Å². The van der Waals surface area contributed by atoms with Gasteiger partial charge in [0.1, 0.15) is 6.04 Å². The second-order valence-electron chi connectivity index (χ2n) is 7.17. The molecule has 1 aromatic carbocycles. The molecule has 2 atom stereocenters. The minimum absolute atomic E-state index is 0.153. The Kier molecular flexibility index (Phi) is 7.61. The monoisotopic (exact) mass is 372 g/mol. The van der Waals surface area contributed by atoms with Gasteiger partial charge >= 0.3 is 5.91 Å². The van der Waals surface area contributed by atoms with Crippen LogP contribution >= 0.6 is 0 Å². The fourth-order valence-corrected chi connectivity index (χ4v) is 2.96. The van der Waals surface area contributed by atoms with Gasteiger partial charge < -0.3 is 9.73 Å². The summed E-state index contributed by atoms with van der Waals surface area (Å²) in [5.74, 6) is 0.320. The Bertz CT molecular complexity index is 724. The van der Waals surface area contributed by atoms with Gasteiger partial charge in [0, 0.05) is 11.5 Å². The van der Waals surface area contributed by atoms with Crippen molar-refractivity contribution in [2.45, 2.75) is 46.1 Å². The highest BCUT2D eigenvalue weighted by Gasteiger charge is 2.21. The summed E-state index contributed by atoms with van der Waals surface area (Å²) in [6.45, 7) is 8.91. The van der Waals surface area contributed by atoms with Crippen molar-refractivity contribution < 1.29 is 19.3 Å². The van der Waals surface area contributed by atoms with Crippen LogP contribution in [0.25, 0.3) is 0 Å². The van der Waals surface area contributed by atoms with Crippen LogP contribution in [0.5, 0.6) is 0 Å². The van der Waals surface area contributed by atoms with E-state index in [2.05, 4.69) is 62.8 Å². The number of benzene rings is 1. The van der Waals surface area contributed by atoms with E-state index >= 15 is 0 Å². The Labute approximate surface area is 160 Å². The van der Waals surface area contributed by atoms with E-state index in [9.17, 15) is 9.59 Å². The fraction of sp³-hybridized carbons (Fsp3) is 0.429. The molecule has 0 saturated carbocycles. The molecule has 0 unspecified atom stereocenters. The number of nitrogens with two attached hydrogens (primary N) is 1. The van der Waals surface area contributed by atoms with E-state index in [0.29, 0.717) is 11.8 Å². The highest BCUT2D eigenvalue weighted by Crippen LogP contribution is 2.22. The molecule has 0 radical (unpaired) electrons. The number of rotatable bonds is 8. The summed E-state index contributed by atoms with van der Waals surface area (Å²) in [5, 5.41) is 2.00. The van der Waals surface area contributed by atoms with Crippen molar-refractivity contribution in [2.75, 3.05) is 6.54 Å². The zero-order chi connectivity index (χ0) is 19.8. The molecule has 2 amide bonds. The molecule has 0 aliphatic carbocycles. The molecular formula is C21H30N3O3+. The van der Waals surface area contributed by atoms with Gasteiger partial charge in [0.25, 0.3) is 5.91 Å². The molecule has 0 aliphatic heterocycles. The lowest BCUT2D eigenvalue weighted by Gasteiger charge is -2.20. The smallest absolute Gasteiger partial charge is 0.305 e. The first-order chi connectivity index (χ1) is 12.9. The van der Waals surface area contributed by atoms with Crippen LogP contribution in [0.15, 0.2) is 47.1 Å². The quantitative estimate of drug-likeness (QED) is 0.622. The van der Waals surface area contributed by atoms with Gasteiger partial charge in [0.05, 0.1) is 6.26 Å². The molecule has 0 saturated heterocycles. The number of furan rings is 1. The lowest BCUT2D eigenvalue weighted by Crippen LogP contribution is -2.88. The maximum Gasteiger partial charge on any atom is 0.305 e. The van der Waals surface area contributed by atoms with Gasteiger partial charge in [0.15, 0.2) is 12.3 Å². The van der Waals surface area contributed by atoms with Gasteiger partial charge in [-0.05, 0) is 30.0 Å². The molecular weight excluding hydrogens is 342 g/mol. The molecule has 6 heteroatoms. The number of hydrazine groups is 1. The van der Waals surface area contributed by atoms with Crippen molar-refractivity contribution in [1.82, 2.24) is 10.9 Å². The van der Waals surface area contributed by atoms with Crippen LogP contribution < -0.4 is 16.2 Å². The lowest BCUT2D eigenvalue weighted by atomic mass is 9.92. The number of quaternary nitrogens is 1. The summed E-state index contributed by atoms with van der Waals surface area (Å²) < 4.78 is 4.98. The molecule has 0 aliphatic rings. The van der Waals surface area contributed by atoms with E-state index in [1.807, 2.05) is 5.32 Å². The predicted octanol–water partition coefficient (Wildman–Crippen LogP) is 2.51. The first-order valence-electron chi connectivity index (χ1n) is 9.48. The van der Waals surface area contributed by atoms with Crippen LogP contribution in [-0.2, 0) is 4.79 Å². The van der Waals surface area contributed by atoms with E-state index in [0.717, 1.165) is 6.42 Å². The number of nitrogens with one attached hydrogen (secondary N) is 2. The highest BCUT2D eigenvalue weighted by molar-refractivity contribution is 5.92. The lowest BCUT2D eigenvalue weighted by molar-refractivity contribution is -0.692. The summed E-state index contributed by atoms with van der Waals surface area (Å²) in [4.78, 5) is 23.8. The van der Waals surface area contributed by atoms with Gasteiger partial charge in [-0.25, -0.2) is 0 Å². The van der Waals surface area contributed by atoms with E-state index in [1.54, 1.807) is 6.07 Å². The molecule has 1 heterocycles. The van der Waals surface area contributed by atoms with Crippen LogP contribution in [-0.4, -0.2) is 18.4 Å². The summed E-state index contributed by atoms with van der Waals surface area (Å²) in [5.41, 5.74) is 7.30. The highest BCUT2D eigenvalue weighted by atomic mass is 16.3. The minimum atomic E-state index is -0.477. The third-order valence-corrected chi connectivity index (χ3v) is 4.84. The minimum Gasteiger partial charge on any atom is -0.459 e. The SMILES string of the molecule is CC[C@@H](C)c1ccc([C@H]([NH2+]CC(=O)NNC(=O)c2ccco2)C(C)C)cc1. The zero-order valence-corrected chi connectivity index (χ0v) is 16.5. The van der Waals surface area contributed by atoms with Gasteiger partial charge in [0.2, 0.25) is 0 Å². The zero-order valence-electron chi connectivity index (χ0n) is 16.5. The van der Waals surface area contributed by atoms with Gasteiger partial charge in [-0.3, -0.25) is 20.4 Å². The number of carbonyl (C=O) groups is 2. The summed E-state index contributed by atoms with van der Waals surface area (Å²) in [6, 6.07) is 12.0. The van der Waals surface area contributed by atoms with Gasteiger partial charge in [-0.2, -0.15) is 0 Å². The van der Waals surface area contributed by atoms with Crippen LogP contribution in [0, 0.1) is 5.92 Å². The van der Waals surface area contributed by atoms with Crippen molar-refractivity contribution in [3.05, 3.63) is 59.5 Å². The van der Waals surface area contributed by atoms with Crippen LogP contribution in [0.3, 0.4) is 0 Å². The molecule has 4 N–H and O–H groups in total. The van der Waals surface area contributed by atoms with Crippen molar-refractivity contribution in [3.63, 3.8) is 0 Å². The second kappa shape index (κ2) is 9.92. The standard InChI is InChI=1S/C21H29N3O3/c1-5-15(4)16-8-10-17(11-9-16)20(14(2)3)22-13-19(25)23-24-21(26)18-7-6-12-27-18/h6-12,14-15,20,22H,5,13H2,1-4H3,(H,23,25)(H,24,26)/p+1/t15-,20-/m1/s1. The average molecular weight is 372 g/mol. The fourth-order valence-electron chi connectivity index (χ4n) is 2.96. The molecule has 146 valence electrons. The van der Waals surface area contributed by atoms with E-state index in [1.165, 1.54) is 23.5 Å². The molecule has 0 bridgehead atoms. The maximum absolute atomic E-state index is 12.1. The van der Waals surface area contributed by atoms with Crippen LogP contribution in [0.2, 0.25) is 0 Å². The molecule has 6 nitrogen and oxygen atoms in total. The van der Waals surface area contributed by atoms with Crippen molar-refractivity contribution >= 4 is 11.8 Å². The van der Waals surface area contributed by atoms with Crippen molar-refractivity contribution in [1.29, 1.82) is 0 Å². The third kappa shape index (κ3) is 5.96. The maximum atomic E-state index is 12.1. The molecule has 1 aromatic heterocycles. The van der Waals surface area contributed by atoms with Crippen molar-refractivity contribution in [2.24, 2.45) is 5.92 Å².